The highest BCUT2D eigenvalue weighted by Gasteiger charge is 2.07. The summed E-state index contributed by atoms with van der Waals surface area (Å²) in [6.07, 6.45) is 0. The van der Waals surface area contributed by atoms with Crippen molar-refractivity contribution in [2.45, 2.75) is 0 Å². The molecule has 0 aliphatic heterocycles. The third-order valence-electron chi connectivity index (χ3n) is 1.99. The van der Waals surface area contributed by atoms with Crippen LogP contribution in [0.2, 0.25) is 10.0 Å². The molecule has 0 bridgehead atoms. The Morgan fingerprint density at radius 3 is 2.47 bits per heavy atom. The number of carbonyl (C=O) groups excluding carboxylic acids is 2. The van der Waals surface area contributed by atoms with Gasteiger partial charge in [-0.1, -0.05) is 23.2 Å². The van der Waals surface area contributed by atoms with Crippen molar-refractivity contribution < 1.29 is 9.59 Å². The molecule has 0 aliphatic carbocycles. The average molecular weight is 327 g/mol. The molecule has 0 saturated heterocycles. The maximum Gasteiger partial charge on any atom is 0.243 e. The Labute approximate surface area is 127 Å². The van der Waals surface area contributed by atoms with Crippen LogP contribution in [0.4, 0.5) is 5.69 Å². The lowest BCUT2D eigenvalue weighted by molar-refractivity contribution is -0.123. The van der Waals surface area contributed by atoms with Crippen molar-refractivity contribution in [1.29, 1.82) is 0 Å². The fraction of sp³-hybridized carbons (Fsp3) is 0.273. The smallest absolute Gasteiger partial charge is 0.243 e. The fourth-order valence-corrected chi connectivity index (χ4v) is 1.53. The Morgan fingerprint density at radius 1 is 1.16 bits per heavy atom. The van der Waals surface area contributed by atoms with E-state index in [0.717, 1.165) is 0 Å². The van der Waals surface area contributed by atoms with Gasteiger partial charge in [0.15, 0.2) is 0 Å². The van der Waals surface area contributed by atoms with Gasteiger partial charge in [-0.25, -0.2) is 0 Å². The minimum absolute atomic E-state index is 0. The van der Waals surface area contributed by atoms with E-state index in [0.29, 0.717) is 15.7 Å². The molecule has 0 spiro atoms. The summed E-state index contributed by atoms with van der Waals surface area (Å²) in [5, 5.41) is 8.53. The number of likely N-dealkylation sites (N-methyl/N-ethyl adjacent to an activating group) is 1. The van der Waals surface area contributed by atoms with E-state index in [1.54, 1.807) is 19.2 Å². The molecule has 0 unspecified atom stereocenters. The van der Waals surface area contributed by atoms with Crippen LogP contribution < -0.4 is 16.0 Å². The average Bonchev–Trinajstić information content (AvgIpc) is 2.32. The first kappa shape index (κ1) is 18.0. The van der Waals surface area contributed by atoms with Gasteiger partial charge in [0.1, 0.15) is 0 Å². The van der Waals surface area contributed by atoms with Crippen LogP contribution in [0.5, 0.6) is 0 Å². The van der Waals surface area contributed by atoms with Crippen LogP contribution in [0.15, 0.2) is 18.2 Å². The summed E-state index contributed by atoms with van der Waals surface area (Å²) in [6.45, 7) is 0.0363. The highest BCUT2D eigenvalue weighted by molar-refractivity contribution is 6.35. The molecule has 1 aromatic rings. The van der Waals surface area contributed by atoms with E-state index in [9.17, 15) is 9.59 Å². The second kappa shape index (κ2) is 8.98. The van der Waals surface area contributed by atoms with E-state index in [2.05, 4.69) is 16.0 Å². The molecule has 1 aromatic carbocycles. The van der Waals surface area contributed by atoms with Crippen molar-refractivity contribution in [3.63, 3.8) is 0 Å². The van der Waals surface area contributed by atoms with Crippen molar-refractivity contribution in [3.05, 3.63) is 28.2 Å². The van der Waals surface area contributed by atoms with Crippen LogP contribution in [0.25, 0.3) is 0 Å². The van der Waals surface area contributed by atoms with Crippen LogP contribution in [0.1, 0.15) is 0 Å². The molecule has 0 fully saturated rings. The van der Waals surface area contributed by atoms with Gasteiger partial charge in [0.25, 0.3) is 0 Å². The number of rotatable bonds is 5. The fourth-order valence-electron chi connectivity index (χ4n) is 1.19. The standard InChI is InChI=1S/C11H13Cl2N3O2.ClH/c1-14-5-10(17)15-6-11(18)16-9-4-7(12)2-3-8(9)13;/h2-4,14H,5-6H2,1H3,(H,15,17)(H,16,18);1H. The number of benzene rings is 1. The normalized spacial score (nSPS) is 9.42. The summed E-state index contributed by atoms with van der Waals surface area (Å²) in [5.74, 6) is -0.631. The van der Waals surface area contributed by atoms with Crippen LogP contribution in [-0.2, 0) is 9.59 Å². The van der Waals surface area contributed by atoms with Crippen LogP contribution >= 0.6 is 35.6 Å². The monoisotopic (exact) mass is 325 g/mol. The van der Waals surface area contributed by atoms with Crippen LogP contribution in [0.3, 0.4) is 0 Å². The van der Waals surface area contributed by atoms with Gasteiger partial charge >= 0.3 is 0 Å². The molecule has 19 heavy (non-hydrogen) atoms. The van der Waals surface area contributed by atoms with E-state index >= 15 is 0 Å². The SMILES string of the molecule is CNCC(=O)NCC(=O)Nc1cc(Cl)ccc1Cl.Cl. The summed E-state index contributed by atoms with van der Waals surface area (Å²) in [7, 11) is 1.64. The Bertz CT molecular complexity index is 455. The largest absolute Gasteiger partial charge is 0.346 e. The van der Waals surface area contributed by atoms with Crippen LogP contribution in [-0.4, -0.2) is 32.0 Å². The molecule has 5 nitrogen and oxygen atoms in total. The van der Waals surface area contributed by atoms with Crippen molar-refractivity contribution in [2.24, 2.45) is 0 Å². The quantitative estimate of drug-likeness (QED) is 0.771. The molecule has 8 heteroatoms. The molecule has 0 radical (unpaired) electrons. The molecule has 0 aromatic heterocycles. The van der Waals surface area contributed by atoms with E-state index < -0.39 is 0 Å². The lowest BCUT2D eigenvalue weighted by atomic mass is 10.3. The van der Waals surface area contributed by atoms with Gasteiger partial charge in [-0.15, -0.1) is 12.4 Å². The maximum atomic E-state index is 11.5. The predicted molar refractivity (Wildman–Crippen MR) is 79.3 cm³/mol. The molecule has 0 saturated carbocycles. The summed E-state index contributed by atoms with van der Waals surface area (Å²) in [4.78, 5) is 22.7. The molecule has 3 N–H and O–H groups in total. The first-order valence-corrected chi connectivity index (χ1v) is 5.94. The molecule has 106 valence electrons. The van der Waals surface area contributed by atoms with E-state index in [4.69, 9.17) is 23.2 Å². The zero-order chi connectivity index (χ0) is 13.5. The molecule has 0 atom stereocenters. The first-order chi connectivity index (χ1) is 8.52. The number of hydrogen-bond donors (Lipinski definition) is 3. The van der Waals surface area contributed by atoms with Crippen molar-refractivity contribution in [3.8, 4) is 0 Å². The minimum atomic E-state index is -0.372. The Balaban J connectivity index is 0.00000324. The van der Waals surface area contributed by atoms with Gasteiger partial charge in [-0.05, 0) is 25.2 Å². The highest BCUT2D eigenvalue weighted by atomic mass is 35.5. The first-order valence-electron chi connectivity index (χ1n) is 5.19. The Kier molecular flexibility index (Phi) is 8.51. The highest BCUT2D eigenvalue weighted by Crippen LogP contribution is 2.25. The summed E-state index contributed by atoms with van der Waals surface area (Å²) in [5.41, 5.74) is 0.414. The minimum Gasteiger partial charge on any atom is -0.346 e. The number of hydrogen-bond acceptors (Lipinski definition) is 3. The van der Waals surface area contributed by atoms with Crippen molar-refractivity contribution >= 4 is 53.1 Å². The topological polar surface area (TPSA) is 70.2 Å². The number of amides is 2. The third kappa shape index (κ3) is 6.63. The molecule has 2 amide bonds. The van der Waals surface area contributed by atoms with E-state index in [-0.39, 0.29) is 37.3 Å². The molecule has 0 aliphatic rings. The Hall–Kier alpha value is -1.01. The van der Waals surface area contributed by atoms with Gasteiger partial charge in [-0.3, -0.25) is 9.59 Å². The number of halogens is 3. The third-order valence-corrected chi connectivity index (χ3v) is 2.55. The van der Waals surface area contributed by atoms with Gasteiger partial charge in [0.05, 0.1) is 23.8 Å². The number of nitrogens with one attached hydrogen (secondary N) is 3. The lowest BCUT2D eigenvalue weighted by Gasteiger charge is -2.08. The molecular weight excluding hydrogens is 312 g/mol. The molecule has 0 heterocycles. The van der Waals surface area contributed by atoms with Gasteiger partial charge in [0.2, 0.25) is 11.8 Å². The number of anilines is 1. The van der Waals surface area contributed by atoms with Gasteiger partial charge in [0, 0.05) is 5.02 Å². The van der Waals surface area contributed by atoms with Crippen molar-refractivity contribution in [2.75, 3.05) is 25.5 Å². The van der Waals surface area contributed by atoms with E-state index in [1.807, 2.05) is 0 Å². The summed E-state index contributed by atoms with van der Waals surface area (Å²) in [6, 6.07) is 4.74. The zero-order valence-corrected chi connectivity index (χ0v) is 12.5. The van der Waals surface area contributed by atoms with Gasteiger partial charge in [-0.2, -0.15) is 0 Å². The number of carbonyl (C=O) groups is 2. The van der Waals surface area contributed by atoms with Crippen LogP contribution in [0, 0.1) is 0 Å². The summed E-state index contributed by atoms with van der Waals surface area (Å²) < 4.78 is 0. The van der Waals surface area contributed by atoms with Gasteiger partial charge < -0.3 is 16.0 Å². The van der Waals surface area contributed by atoms with E-state index in [1.165, 1.54) is 6.07 Å². The lowest BCUT2D eigenvalue weighted by Crippen LogP contribution is -2.37. The molecular formula is C11H14Cl3N3O2. The Morgan fingerprint density at radius 2 is 1.84 bits per heavy atom. The zero-order valence-electron chi connectivity index (χ0n) is 10.1. The maximum absolute atomic E-state index is 11.5. The second-order valence-electron chi connectivity index (χ2n) is 3.48. The molecule has 1 rings (SSSR count). The summed E-state index contributed by atoms with van der Waals surface area (Å²) >= 11 is 11.7. The predicted octanol–water partition coefficient (Wildman–Crippen LogP) is 1.69. The second-order valence-corrected chi connectivity index (χ2v) is 4.32. The van der Waals surface area contributed by atoms with Crippen molar-refractivity contribution in [1.82, 2.24) is 10.6 Å².